The third-order valence-electron chi connectivity index (χ3n) is 2.80. The normalized spacial score (nSPS) is 13.7. The number of nitrogens with zero attached hydrogens (tertiary/aromatic N) is 1. The molecule has 1 N–H and O–H groups in total. The summed E-state index contributed by atoms with van der Waals surface area (Å²) in [4.78, 5) is 3.84. The molecule has 1 atom stereocenters. The van der Waals surface area contributed by atoms with E-state index in [1.807, 2.05) is 6.92 Å². The maximum atomic E-state index is 12.1. The van der Waals surface area contributed by atoms with Gasteiger partial charge in [0.05, 0.1) is 5.02 Å². The number of hydrogen-bond donors (Lipinski definition) is 1. The highest BCUT2D eigenvalue weighted by Crippen LogP contribution is 2.20. The van der Waals surface area contributed by atoms with Crippen LogP contribution in [0.2, 0.25) is 5.02 Å². The van der Waals surface area contributed by atoms with Crippen molar-refractivity contribution in [3.63, 3.8) is 0 Å². The van der Waals surface area contributed by atoms with Gasteiger partial charge in [0.25, 0.3) is 0 Å². The van der Waals surface area contributed by atoms with Gasteiger partial charge in [0.2, 0.25) is 10.0 Å². The molecular formula is C13H21ClN2O2S. The summed E-state index contributed by atoms with van der Waals surface area (Å²) >= 11 is 5.88. The van der Waals surface area contributed by atoms with Crippen LogP contribution in [0.1, 0.15) is 40.0 Å². The van der Waals surface area contributed by atoms with Gasteiger partial charge in [0.15, 0.2) is 0 Å². The second-order valence-electron chi connectivity index (χ2n) is 5.15. The number of sulfonamides is 1. The second-order valence-corrected chi connectivity index (χ2v) is 7.24. The van der Waals surface area contributed by atoms with E-state index in [1.54, 1.807) is 0 Å². The minimum Gasteiger partial charge on any atom is -0.263 e. The molecule has 0 radical (unpaired) electrons. The molecule has 1 rings (SSSR count). The van der Waals surface area contributed by atoms with Crippen molar-refractivity contribution in [2.75, 3.05) is 0 Å². The van der Waals surface area contributed by atoms with E-state index in [0.717, 1.165) is 19.3 Å². The molecule has 0 saturated heterocycles. The number of aromatic nitrogens is 1. The maximum Gasteiger partial charge on any atom is 0.243 e. The Labute approximate surface area is 120 Å². The summed E-state index contributed by atoms with van der Waals surface area (Å²) in [6.45, 7) is 6.18. The first-order chi connectivity index (χ1) is 8.83. The van der Waals surface area contributed by atoms with Gasteiger partial charge in [0.1, 0.15) is 4.90 Å². The molecule has 0 saturated carbocycles. The predicted molar refractivity (Wildman–Crippen MR) is 77.7 cm³/mol. The zero-order valence-electron chi connectivity index (χ0n) is 11.6. The van der Waals surface area contributed by atoms with Crippen molar-refractivity contribution in [1.29, 1.82) is 0 Å². The Morgan fingerprint density at radius 2 is 2.00 bits per heavy atom. The summed E-state index contributed by atoms with van der Waals surface area (Å²) in [6, 6.07) is 1.36. The SMILES string of the molecule is CC(C)CCCC(C)NS(=O)(=O)c1cnccc1Cl. The lowest BCUT2D eigenvalue weighted by molar-refractivity contribution is 0.488. The van der Waals surface area contributed by atoms with Crippen LogP contribution in [0.5, 0.6) is 0 Å². The standard InChI is InChI=1S/C13H21ClN2O2S/c1-10(2)5-4-6-11(3)16-19(17,18)13-9-15-8-7-12(13)14/h7-11,16H,4-6H2,1-3H3. The average Bonchev–Trinajstić information content (AvgIpc) is 2.27. The fourth-order valence-electron chi connectivity index (χ4n) is 1.78. The zero-order valence-corrected chi connectivity index (χ0v) is 13.1. The fourth-order valence-corrected chi connectivity index (χ4v) is 3.49. The van der Waals surface area contributed by atoms with Gasteiger partial charge in [-0.05, 0) is 25.3 Å². The molecule has 1 unspecified atom stereocenters. The van der Waals surface area contributed by atoms with E-state index in [0.29, 0.717) is 5.92 Å². The highest BCUT2D eigenvalue weighted by Gasteiger charge is 2.20. The third-order valence-corrected chi connectivity index (χ3v) is 4.86. The van der Waals surface area contributed by atoms with Crippen LogP contribution in [0, 0.1) is 5.92 Å². The van der Waals surface area contributed by atoms with Crippen LogP contribution in [0.15, 0.2) is 23.4 Å². The van der Waals surface area contributed by atoms with E-state index >= 15 is 0 Å². The summed E-state index contributed by atoms with van der Waals surface area (Å²) in [5.41, 5.74) is 0. The highest BCUT2D eigenvalue weighted by molar-refractivity contribution is 7.89. The van der Waals surface area contributed by atoms with Gasteiger partial charge >= 0.3 is 0 Å². The molecule has 19 heavy (non-hydrogen) atoms. The summed E-state index contributed by atoms with van der Waals surface area (Å²) in [7, 11) is -3.59. The van der Waals surface area contributed by atoms with E-state index in [1.165, 1.54) is 18.5 Å². The van der Waals surface area contributed by atoms with E-state index in [2.05, 4.69) is 23.6 Å². The van der Waals surface area contributed by atoms with Crippen molar-refractivity contribution in [3.8, 4) is 0 Å². The van der Waals surface area contributed by atoms with E-state index in [-0.39, 0.29) is 16.0 Å². The van der Waals surface area contributed by atoms with Gasteiger partial charge in [-0.1, -0.05) is 38.3 Å². The first-order valence-corrected chi connectivity index (χ1v) is 8.31. The Balaban J connectivity index is 2.63. The van der Waals surface area contributed by atoms with Gasteiger partial charge < -0.3 is 0 Å². The van der Waals surface area contributed by atoms with Gasteiger partial charge in [-0.25, -0.2) is 13.1 Å². The van der Waals surface area contributed by atoms with E-state index in [4.69, 9.17) is 11.6 Å². The van der Waals surface area contributed by atoms with E-state index in [9.17, 15) is 8.42 Å². The Morgan fingerprint density at radius 1 is 1.32 bits per heavy atom. The lowest BCUT2D eigenvalue weighted by Gasteiger charge is -2.15. The molecule has 1 aromatic rings. The summed E-state index contributed by atoms with van der Waals surface area (Å²) in [5, 5.41) is 0.192. The molecule has 0 fully saturated rings. The Bertz CT molecular complexity index is 503. The number of rotatable bonds is 7. The molecule has 0 aliphatic heterocycles. The minimum atomic E-state index is -3.59. The number of halogens is 1. The molecule has 1 aromatic heterocycles. The number of hydrogen-bond acceptors (Lipinski definition) is 3. The van der Waals surface area contributed by atoms with Gasteiger partial charge in [-0.2, -0.15) is 0 Å². The molecule has 0 bridgehead atoms. The van der Waals surface area contributed by atoms with Crippen LogP contribution < -0.4 is 4.72 Å². The van der Waals surface area contributed by atoms with Crippen LogP contribution in [0.4, 0.5) is 0 Å². The fraction of sp³-hybridized carbons (Fsp3) is 0.615. The summed E-state index contributed by atoms with van der Waals surface area (Å²) < 4.78 is 26.9. The molecule has 0 aliphatic rings. The van der Waals surface area contributed by atoms with Crippen molar-refractivity contribution in [2.45, 2.75) is 51.0 Å². The highest BCUT2D eigenvalue weighted by atomic mass is 35.5. The quantitative estimate of drug-likeness (QED) is 0.841. The average molecular weight is 305 g/mol. The summed E-state index contributed by atoms with van der Waals surface area (Å²) in [6.07, 6.45) is 5.65. The molecule has 0 amide bonds. The van der Waals surface area contributed by atoms with Crippen LogP contribution in [-0.4, -0.2) is 19.4 Å². The maximum absolute atomic E-state index is 12.1. The lowest BCUT2D eigenvalue weighted by atomic mass is 10.0. The topological polar surface area (TPSA) is 59.1 Å². The molecule has 4 nitrogen and oxygen atoms in total. The third kappa shape index (κ3) is 5.47. The molecule has 6 heteroatoms. The molecule has 0 spiro atoms. The molecule has 1 heterocycles. The van der Waals surface area contributed by atoms with E-state index < -0.39 is 10.0 Å². The largest absolute Gasteiger partial charge is 0.263 e. The van der Waals surface area contributed by atoms with Crippen LogP contribution in [0.25, 0.3) is 0 Å². The second kappa shape index (κ2) is 7.22. The van der Waals surface area contributed by atoms with Crippen molar-refractivity contribution in [3.05, 3.63) is 23.5 Å². The monoisotopic (exact) mass is 304 g/mol. The molecular weight excluding hydrogens is 284 g/mol. The first kappa shape index (κ1) is 16.4. The Hall–Kier alpha value is -0.650. The van der Waals surface area contributed by atoms with Crippen molar-refractivity contribution < 1.29 is 8.42 Å². The smallest absolute Gasteiger partial charge is 0.243 e. The number of nitrogens with one attached hydrogen (secondary N) is 1. The van der Waals surface area contributed by atoms with Crippen molar-refractivity contribution in [1.82, 2.24) is 9.71 Å². The minimum absolute atomic E-state index is 0.0346. The zero-order chi connectivity index (χ0) is 14.5. The Morgan fingerprint density at radius 3 is 2.58 bits per heavy atom. The van der Waals surface area contributed by atoms with Crippen molar-refractivity contribution >= 4 is 21.6 Å². The molecule has 0 aliphatic carbocycles. The van der Waals surface area contributed by atoms with Gasteiger partial charge in [-0.15, -0.1) is 0 Å². The van der Waals surface area contributed by atoms with Gasteiger partial charge in [0, 0.05) is 18.4 Å². The van der Waals surface area contributed by atoms with Crippen LogP contribution >= 0.6 is 11.6 Å². The first-order valence-electron chi connectivity index (χ1n) is 6.44. The van der Waals surface area contributed by atoms with Crippen LogP contribution in [0.3, 0.4) is 0 Å². The van der Waals surface area contributed by atoms with Crippen molar-refractivity contribution in [2.24, 2.45) is 5.92 Å². The van der Waals surface area contributed by atoms with Crippen LogP contribution in [-0.2, 0) is 10.0 Å². The predicted octanol–water partition coefficient (Wildman–Crippen LogP) is 3.23. The lowest BCUT2D eigenvalue weighted by Crippen LogP contribution is -2.32. The summed E-state index contributed by atoms with van der Waals surface area (Å²) in [5.74, 6) is 0.636. The Kier molecular flexibility index (Phi) is 6.23. The molecule has 0 aromatic carbocycles. The number of pyridine rings is 1. The van der Waals surface area contributed by atoms with Gasteiger partial charge in [-0.3, -0.25) is 4.98 Å². The molecule has 108 valence electrons.